The molecule has 7 heteroatoms. The van der Waals surface area contributed by atoms with Gasteiger partial charge in [0.05, 0.1) is 12.8 Å². The second kappa shape index (κ2) is 5.80. The third kappa shape index (κ3) is 2.51. The molecule has 0 aliphatic carbocycles. The first-order valence-corrected chi connectivity index (χ1v) is 6.53. The zero-order chi connectivity index (χ0) is 13.4. The van der Waals surface area contributed by atoms with Crippen molar-refractivity contribution in [2.75, 3.05) is 7.11 Å². The first-order valence-electron chi connectivity index (χ1n) is 5.65. The third-order valence-corrected chi connectivity index (χ3v) is 3.69. The fourth-order valence-electron chi connectivity index (χ4n) is 1.95. The maximum absolute atomic E-state index is 11.9. The maximum atomic E-state index is 11.9. The summed E-state index contributed by atoms with van der Waals surface area (Å²) in [7, 11) is 1.60. The molecule has 0 atom stereocenters. The van der Waals surface area contributed by atoms with Gasteiger partial charge in [-0.1, -0.05) is 11.8 Å². The van der Waals surface area contributed by atoms with Crippen LogP contribution in [0.4, 0.5) is 0 Å². The lowest BCUT2D eigenvalue weighted by Crippen LogP contribution is -2.36. The molecule has 0 unspecified atom stereocenters. The molecule has 5 nitrogen and oxygen atoms in total. The van der Waals surface area contributed by atoms with Crippen LogP contribution in [0.5, 0.6) is 5.75 Å². The Morgan fingerprint density at radius 2 is 1.95 bits per heavy atom. The number of amides is 2. The van der Waals surface area contributed by atoms with Crippen molar-refractivity contribution in [1.29, 1.82) is 0 Å². The number of halogens is 1. The molecule has 2 heterocycles. The predicted octanol–water partition coefficient (Wildman–Crippen LogP) is 2.43. The molecule has 0 N–H and O–H groups in total. The lowest BCUT2D eigenvalue weighted by Gasteiger charge is -2.22. The van der Waals surface area contributed by atoms with Gasteiger partial charge in [-0.3, -0.25) is 14.5 Å². The fourth-order valence-corrected chi connectivity index (χ4v) is 2.87. The lowest BCUT2D eigenvalue weighted by molar-refractivity contribution is -0.131. The van der Waals surface area contributed by atoms with Crippen molar-refractivity contribution in [2.45, 2.75) is 6.42 Å². The Morgan fingerprint density at radius 1 is 1.25 bits per heavy atom. The molecule has 0 radical (unpaired) electrons. The monoisotopic (exact) mass is 354 g/mol. The molecule has 3 rings (SSSR count). The quantitative estimate of drug-likeness (QED) is 0.765. The third-order valence-electron chi connectivity index (χ3n) is 2.87. The fraction of sp³-hybridized carbons (Fsp3) is 0.154. The van der Waals surface area contributed by atoms with Crippen molar-refractivity contribution in [3.63, 3.8) is 0 Å². The van der Waals surface area contributed by atoms with E-state index in [2.05, 4.69) is 4.99 Å². The van der Waals surface area contributed by atoms with Crippen LogP contribution in [0.3, 0.4) is 0 Å². The van der Waals surface area contributed by atoms with Crippen LogP contribution in [0.25, 0.3) is 5.70 Å². The molecule has 20 heavy (non-hydrogen) atoms. The molecule has 1 aromatic rings. The van der Waals surface area contributed by atoms with Crippen LogP contribution in [-0.4, -0.2) is 29.0 Å². The van der Waals surface area contributed by atoms with Crippen LogP contribution in [-0.2, 0) is 9.59 Å². The Hall–Kier alpha value is -1.60. The number of fused-ring (bicyclic) bond motifs is 1. The predicted molar refractivity (Wildman–Crippen MR) is 82.8 cm³/mol. The van der Waals surface area contributed by atoms with Crippen LogP contribution in [0.1, 0.15) is 12.0 Å². The molecular weight excluding hydrogens is 344 g/mol. The number of nitrogens with zero attached hydrogens (tertiary/aromatic N) is 2. The Morgan fingerprint density at radius 3 is 2.60 bits per heavy atom. The summed E-state index contributed by atoms with van der Waals surface area (Å²) in [5.74, 6) is 0.138. The number of ether oxygens (including phenoxy) is 1. The molecule has 0 spiro atoms. The average molecular weight is 355 g/mol. The van der Waals surface area contributed by atoms with Crippen molar-refractivity contribution < 1.29 is 14.3 Å². The van der Waals surface area contributed by atoms with E-state index >= 15 is 0 Å². The summed E-state index contributed by atoms with van der Waals surface area (Å²) in [5.41, 5.74) is 1.64. The van der Waals surface area contributed by atoms with E-state index in [1.807, 2.05) is 29.7 Å². The number of benzene rings is 1. The van der Waals surface area contributed by atoms with Crippen LogP contribution in [0.2, 0.25) is 0 Å². The minimum absolute atomic E-state index is 0. The van der Waals surface area contributed by atoms with Crippen LogP contribution in [0.15, 0.2) is 34.7 Å². The van der Waals surface area contributed by atoms with Crippen molar-refractivity contribution in [3.05, 3.63) is 35.2 Å². The smallest absolute Gasteiger partial charge is 0.257 e. The number of amidine groups is 1. The molecule has 2 aliphatic rings. The van der Waals surface area contributed by atoms with Gasteiger partial charge < -0.3 is 4.74 Å². The first kappa shape index (κ1) is 14.8. The highest BCUT2D eigenvalue weighted by molar-refractivity contribution is 8.93. The van der Waals surface area contributed by atoms with E-state index in [9.17, 15) is 9.59 Å². The van der Waals surface area contributed by atoms with E-state index < -0.39 is 0 Å². The van der Waals surface area contributed by atoms with Gasteiger partial charge in [0.15, 0.2) is 5.17 Å². The van der Waals surface area contributed by atoms with Crippen molar-refractivity contribution >= 4 is 51.4 Å². The molecule has 0 fully saturated rings. The van der Waals surface area contributed by atoms with Gasteiger partial charge in [0.2, 0.25) is 5.91 Å². The van der Waals surface area contributed by atoms with Crippen LogP contribution in [0, 0.1) is 0 Å². The summed E-state index contributed by atoms with van der Waals surface area (Å²) >= 11 is 1.29. The Balaban J connectivity index is 0.00000147. The van der Waals surface area contributed by atoms with E-state index in [-0.39, 0.29) is 35.2 Å². The molecule has 1 aromatic carbocycles. The molecule has 104 valence electrons. The summed E-state index contributed by atoms with van der Waals surface area (Å²) in [5, 5.41) is 2.27. The van der Waals surface area contributed by atoms with Gasteiger partial charge in [-0.15, -0.1) is 17.0 Å². The number of hydrogen-bond donors (Lipinski definition) is 0. The van der Waals surface area contributed by atoms with Crippen LogP contribution >= 0.6 is 28.7 Å². The standard InChI is InChI=1S/C13H10N2O3S.BrH/c1-18-9-4-2-8(3-5-9)10-7-19-13-14-11(16)6-12(17)15(10)13;/h2-5,7H,6H2,1H3;1H. The largest absolute Gasteiger partial charge is 0.497 e. The number of methoxy groups -OCH3 is 1. The number of carbonyl (C=O) groups excluding carboxylic acids is 2. The number of carbonyl (C=O) groups is 2. The highest BCUT2D eigenvalue weighted by atomic mass is 79.9. The first-order chi connectivity index (χ1) is 9.19. The molecule has 0 saturated carbocycles. The highest BCUT2D eigenvalue weighted by Crippen LogP contribution is 2.36. The zero-order valence-corrected chi connectivity index (χ0v) is 13.1. The number of rotatable bonds is 2. The Bertz CT molecular complexity index is 625. The molecular formula is C13H11BrN2O3S. The van der Waals surface area contributed by atoms with E-state index in [4.69, 9.17) is 4.74 Å². The van der Waals surface area contributed by atoms with Gasteiger partial charge in [0, 0.05) is 5.41 Å². The summed E-state index contributed by atoms with van der Waals surface area (Å²) in [4.78, 5) is 28.6. The van der Waals surface area contributed by atoms with Crippen molar-refractivity contribution in [2.24, 2.45) is 4.99 Å². The molecule has 0 bridgehead atoms. The van der Waals surface area contributed by atoms with E-state index in [0.29, 0.717) is 5.17 Å². The normalized spacial score (nSPS) is 17.1. The average Bonchev–Trinajstić information content (AvgIpc) is 2.83. The van der Waals surface area contributed by atoms with Crippen LogP contribution < -0.4 is 4.74 Å². The molecule has 2 aliphatic heterocycles. The lowest BCUT2D eigenvalue weighted by atomic mass is 10.1. The summed E-state index contributed by atoms with van der Waals surface area (Å²) < 4.78 is 5.10. The van der Waals surface area contributed by atoms with Gasteiger partial charge in [0.1, 0.15) is 12.2 Å². The van der Waals surface area contributed by atoms with Gasteiger partial charge in [-0.25, -0.2) is 0 Å². The number of aliphatic imine (C=N–C) groups is 1. The zero-order valence-electron chi connectivity index (χ0n) is 10.5. The van der Waals surface area contributed by atoms with Crippen molar-refractivity contribution in [1.82, 2.24) is 4.90 Å². The van der Waals surface area contributed by atoms with Gasteiger partial charge in [-0.2, -0.15) is 4.99 Å². The van der Waals surface area contributed by atoms with E-state index in [1.54, 1.807) is 7.11 Å². The topological polar surface area (TPSA) is 59.0 Å². The van der Waals surface area contributed by atoms with Crippen molar-refractivity contribution in [3.8, 4) is 5.75 Å². The summed E-state index contributed by atoms with van der Waals surface area (Å²) in [6.45, 7) is 0. The van der Waals surface area contributed by atoms with E-state index in [1.165, 1.54) is 16.7 Å². The maximum Gasteiger partial charge on any atom is 0.257 e. The second-order valence-electron chi connectivity index (χ2n) is 4.04. The molecule has 0 saturated heterocycles. The minimum atomic E-state index is -0.381. The summed E-state index contributed by atoms with van der Waals surface area (Å²) in [6, 6.07) is 7.40. The SMILES string of the molecule is Br.COc1ccc(C2=CSC3=NC(=O)CC(=O)N23)cc1. The minimum Gasteiger partial charge on any atom is -0.497 e. The van der Waals surface area contributed by atoms with Gasteiger partial charge in [0.25, 0.3) is 5.91 Å². The van der Waals surface area contributed by atoms with Gasteiger partial charge >= 0.3 is 0 Å². The Labute approximate surface area is 130 Å². The summed E-state index contributed by atoms with van der Waals surface area (Å²) in [6.07, 6.45) is -0.169. The second-order valence-corrected chi connectivity index (χ2v) is 4.88. The molecule has 2 amide bonds. The Kier molecular flexibility index (Phi) is 4.29. The van der Waals surface area contributed by atoms with Gasteiger partial charge in [-0.05, 0) is 29.8 Å². The number of thioether (sulfide) groups is 1. The van der Waals surface area contributed by atoms with E-state index in [0.717, 1.165) is 17.0 Å². The molecule has 0 aromatic heterocycles. The number of hydrogen-bond acceptors (Lipinski definition) is 4. The highest BCUT2D eigenvalue weighted by Gasteiger charge is 2.34.